The lowest BCUT2D eigenvalue weighted by atomic mass is 10.2. The van der Waals surface area contributed by atoms with E-state index in [4.69, 9.17) is 14.2 Å². The molecule has 0 amide bonds. The molecule has 0 saturated carbocycles. The Hall–Kier alpha value is -3.79. The lowest BCUT2D eigenvalue weighted by Crippen LogP contribution is -2.22. The van der Waals surface area contributed by atoms with Gasteiger partial charge in [-0.25, -0.2) is 9.97 Å². The molecule has 7 heteroatoms. The molecule has 0 fully saturated rings. The van der Waals surface area contributed by atoms with Gasteiger partial charge in [0.15, 0.2) is 17.3 Å². The zero-order valence-electron chi connectivity index (χ0n) is 16.7. The summed E-state index contributed by atoms with van der Waals surface area (Å²) in [6.45, 7) is 2.50. The predicted octanol–water partition coefficient (Wildman–Crippen LogP) is 2.84. The van der Waals surface area contributed by atoms with E-state index in [2.05, 4.69) is 22.8 Å². The van der Waals surface area contributed by atoms with Gasteiger partial charge in [-0.3, -0.25) is 4.79 Å². The molecule has 0 spiro atoms. The Bertz CT molecular complexity index is 1010. The van der Waals surface area contributed by atoms with Crippen molar-refractivity contribution in [2.75, 3.05) is 14.2 Å². The molecule has 0 aliphatic carbocycles. The zero-order chi connectivity index (χ0) is 21.2. The summed E-state index contributed by atoms with van der Waals surface area (Å²) >= 11 is 0. The zero-order valence-corrected chi connectivity index (χ0v) is 16.7. The molecule has 3 rings (SSSR count). The van der Waals surface area contributed by atoms with Crippen LogP contribution < -0.4 is 19.8 Å². The van der Waals surface area contributed by atoms with Gasteiger partial charge in [0, 0.05) is 24.2 Å². The summed E-state index contributed by atoms with van der Waals surface area (Å²) in [7, 11) is 3.17. The first-order valence-electron chi connectivity index (χ1n) is 8.75. The highest BCUT2D eigenvalue weighted by molar-refractivity contribution is 5.43. The standard InChI is InChI=1S/C20H21N3O4.C2H2/c1-14-9-16(27-13-19-21-7-4-8-22-19)11-20(24)23(14)12-15-5-6-17(25-2)18(10-15)26-3;1-2/h4-11H,12-13H2,1-3H3;1-2H. The number of hydrogen-bond donors (Lipinski definition) is 0. The van der Waals surface area contributed by atoms with Gasteiger partial charge in [0.2, 0.25) is 0 Å². The monoisotopic (exact) mass is 393 g/mol. The van der Waals surface area contributed by atoms with Crippen LogP contribution in [0, 0.1) is 19.8 Å². The number of aryl methyl sites for hydroxylation is 1. The van der Waals surface area contributed by atoms with Crippen molar-refractivity contribution < 1.29 is 14.2 Å². The maximum absolute atomic E-state index is 12.5. The fraction of sp³-hybridized carbons (Fsp3) is 0.227. The van der Waals surface area contributed by atoms with Gasteiger partial charge in [0.1, 0.15) is 12.4 Å². The third-order valence-electron chi connectivity index (χ3n) is 4.08. The van der Waals surface area contributed by atoms with Crippen molar-refractivity contribution >= 4 is 0 Å². The fourth-order valence-corrected chi connectivity index (χ4v) is 2.70. The molecule has 0 radical (unpaired) electrons. The Morgan fingerprint density at radius 3 is 2.31 bits per heavy atom. The molecule has 0 saturated heterocycles. The van der Waals surface area contributed by atoms with E-state index in [1.165, 1.54) is 6.07 Å². The maximum atomic E-state index is 12.5. The van der Waals surface area contributed by atoms with E-state index in [1.54, 1.807) is 37.2 Å². The maximum Gasteiger partial charge on any atom is 0.254 e. The average molecular weight is 393 g/mol. The average Bonchev–Trinajstić information content (AvgIpc) is 2.76. The molecule has 0 aliphatic heterocycles. The quantitative estimate of drug-likeness (QED) is 0.575. The van der Waals surface area contributed by atoms with Gasteiger partial charge in [-0.05, 0) is 36.8 Å². The fourth-order valence-electron chi connectivity index (χ4n) is 2.70. The smallest absolute Gasteiger partial charge is 0.254 e. The number of rotatable bonds is 7. The van der Waals surface area contributed by atoms with Gasteiger partial charge >= 0.3 is 0 Å². The van der Waals surface area contributed by atoms with Crippen molar-refractivity contribution in [1.29, 1.82) is 0 Å². The van der Waals surface area contributed by atoms with Crippen LogP contribution in [0.1, 0.15) is 17.1 Å². The van der Waals surface area contributed by atoms with Gasteiger partial charge in [-0.1, -0.05) is 6.07 Å². The molecule has 2 aromatic heterocycles. The van der Waals surface area contributed by atoms with Gasteiger partial charge in [0.05, 0.1) is 20.8 Å². The number of hydrogen-bond acceptors (Lipinski definition) is 6. The van der Waals surface area contributed by atoms with Gasteiger partial charge < -0.3 is 18.8 Å². The summed E-state index contributed by atoms with van der Waals surface area (Å²) in [5.74, 6) is 2.33. The Morgan fingerprint density at radius 2 is 1.69 bits per heavy atom. The molecule has 29 heavy (non-hydrogen) atoms. The van der Waals surface area contributed by atoms with E-state index in [0.717, 1.165) is 11.3 Å². The molecule has 0 unspecified atom stereocenters. The van der Waals surface area contributed by atoms with E-state index in [9.17, 15) is 4.79 Å². The molecule has 7 nitrogen and oxygen atoms in total. The van der Waals surface area contributed by atoms with Crippen molar-refractivity contribution in [1.82, 2.24) is 14.5 Å². The summed E-state index contributed by atoms with van der Waals surface area (Å²) in [5, 5.41) is 0. The third kappa shape index (κ3) is 5.59. The van der Waals surface area contributed by atoms with E-state index in [-0.39, 0.29) is 12.2 Å². The number of pyridine rings is 1. The van der Waals surface area contributed by atoms with Crippen LogP contribution in [0.15, 0.2) is 53.6 Å². The van der Waals surface area contributed by atoms with Crippen LogP contribution in [0.3, 0.4) is 0 Å². The Morgan fingerprint density at radius 1 is 1.00 bits per heavy atom. The Balaban J connectivity index is 0.00000145. The summed E-state index contributed by atoms with van der Waals surface area (Å²) in [6.07, 6.45) is 11.3. The van der Waals surface area contributed by atoms with Crippen LogP contribution in [0.4, 0.5) is 0 Å². The van der Waals surface area contributed by atoms with Crippen LogP contribution >= 0.6 is 0 Å². The number of nitrogens with zero attached hydrogens (tertiary/aromatic N) is 3. The van der Waals surface area contributed by atoms with Gasteiger partial charge in [-0.15, -0.1) is 12.8 Å². The second kappa shape index (κ2) is 10.5. The van der Waals surface area contributed by atoms with Crippen LogP contribution in [0.2, 0.25) is 0 Å². The molecule has 3 aromatic rings. The third-order valence-corrected chi connectivity index (χ3v) is 4.08. The summed E-state index contributed by atoms with van der Waals surface area (Å²) < 4.78 is 17.9. The minimum atomic E-state index is -0.145. The van der Waals surface area contributed by atoms with E-state index in [0.29, 0.717) is 29.6 Å². The van der Waals surface area contributed by atoms with Crippen molar-refractivity contribution in [3.8, 4) is 30.1 Å². The second-order valence-electron chi connectivity index (χ2n) is 5.90. The highest BCUT2D eigenvalue weighted by Gasteiger charge is 2.09. The van der Waals surface area contributed by atoms with Gasteiger partial charge in [0.25, 0.3) is 5.56 Å². The number of ether oxygens (including phenoxy) is 3. The topological polar surface area (TPSA) is 75.5 Å². The molecule has 2 heterocycles. The van der Waals surface area contributed by atoms with Crippen LogP contribution in [-0.2, 0) is 13.2 Å². The summed E-state index contributed by atoms with van der Waals surface area (Å²) in [5.41, 5.74) is 1.58. The van der Waals surface area contributed by atoms with Gasteiger partial charge in [-0.2, -0.15) is 0 Å². The highest BCUT2D eigenvalue weighted by Crippen LogP contribution is 2.28. The first-order chi connectivity index (χ1) is 14.1. The molecule has 1 aromatic carbocycles. The minimum Gasteiger partial charge on any atom is -0.493 e. The SMILES string of the molecule is C#C.COc1ccc(Cn2c(C)cc(OCc3ncccn3)cc2=O)cc1OC. The summed E-state index contributed by atoms with van der Waals surface area (Å²) in [4.78, 5) is 20.8. The van der Waals surface area contributed by atoms with Crippen molar-refractivity contribution in [2.24, 2.45) is 0 Å². The van der Waals surface area contributed by atoms with E-state index in [1.807, 2.05) is 31.2 Å². The lowest BCUT2D eigenvalue weighted by molar-refractivity contribution is 0.294. The molecule has 0 bridgehead atoms. The largest absolute Gasteiger partial charge is 0.493 e. The molecular formula is C22H23N3O4. The first kappa shape index (κ1) is 21.5. The molecule has 0 aliphatic rings. The highest BCUT2D eigenvalue weighted by atomic mass is 16.5. The van der Waals surface area contributed by atoms with E-state index >= 15 is 0 Å². The minimum absolute atomic E-state index is 0.145. The van der Waals surface area contributed by atoms with Crippen molar-refractivity contribution in [3.05, 3.63) is 76.2 Å². The van der Waals surface area contributed by atoms with Crippen LogP contribution in [0.5, 0.6) is 17.2 Å². The second-order valence-corrected chi connectivity index (χ2v) is 5.90. The van der Waals surface area contributed by atoms with Crippen LogP contribution in [0.25, 0.3) is 0 Å². The number of methoxy groups -OCH3 is 2. The van der Waals surface area contributed by atoms with Crippen molar-refractivity contribution in [3.63, 3.8) is 0 Å². The van der Waals surface area contributed by atoms with E-state index < -0.39 is 0 Å². The summed E-state index contributed by atoms with van der Waals surface area (Å²) in [6, 6.07) is 10.6. The Labute approximate surface area is 169 Å². The normalized spacial score (nSPS) is 9.83. The predicted molar refractivity (Wildman–Crippen MR) is 110 cm³/mol. The van der Waals surface area contributed by atoms with Crippen molar-refractivity contribution in [2.45, 2.75) is 20.1 Å². The lowest BCUT2D eigenvalue weighted by Gasteiger charge is -2.14. The number of benzene rings is 1. The molecule has 0 atom stereocenters. The number of terminal acetylenes is 1. The molecule has 150 valence electrons. The number of aromatic nitrogens is 3. The molecular weight excluding hydrogens is 370 g/mol. The Kier molecular flexibility index (Phi) is 7.80. The molecule has 0 N–H and O–H groups in total. The first-order valence-corrected chi connectivity index (χ1v) is 8.75. The van der Waals surface area contributed by atoms with Crippen LogP contribution in [-0.4, -0.2) is 28.8 Å².